The van der Waals surface area contributed by atoms with Crippen molar-refractivity contribution in [1.82, 2.24) is 9.21 Å². The number of piperazine rings is 1. The number of hydrogen-bond acceptors (Lipinski definition) is 4. The number of nitrogens with zero attached hydrogens (tertiary/aromatic N) is 2. The highest BCUT2D eigenvalue weighted by Gasteiger charge is 2.32. The van der Waals surface area contributed by atoms with Gasteiger partial charge in [0.25, 0.3) is 5.91 Å². The Kier molecular flexibility index (Phi) is 5.27. The molecule has 2 heterocycles. The van der Waals surface area contributed by atoms with Crippen molar-refractivity contribution < 1.29 is 17.6 Å². The summed E-state index contributed by atoms with van der Waals surface area (Å²) in [6.45, 7) is 4.89. The van der Waals surface area contributed by atoms with Gasteiger partial charge in [-0.3, -0.25) is 4.79 Å². The molecule has 0 radical (unpaired) electrons. The van der Waals surface area contributed by atoms with E-state index in [9.17, 15) is 13.2 Å². The average Bonchev–Trinajstić information content (AvgIpc) is 3.13. The van der Waals surface area contributed by atoms with Crippen LogP contribution >= 0.6 is 15.9 Å². The maximum atomic E-state index is 13.0. The number of carbonyl (C=O) groups excluding carboxylic acids is 1. The molecule has 152 valence electrons. The van der Waals surface area contributed by atoms with E-state index >= 15 is 0 Å². The van der Waals surface area contributed by atoms with Crippen molar-refractivity contribution in [3.63, 3.8) is 0 Å². The zero-order valence-electron chi connectivity index (χ0n) is 16.2. The molecule has 3 aromatic rings. The molecule has 29 heavy (non-hydrogen) atoms. The van der Waals surface area contributed by atoms with Gasteiger partial charge in [0.2, 0.25) is 10.0 Å². The summed E-state index contributed by atoms with van der Waals surface area (Å²) in [6.07, 6.45) is 0. The molecule has 0 atom stereocenters. The zero-order valence-corrected chi connectivity index (χ0v) is 18.6. The number of para-hydroxylation sites is 1. The quantitative estimate of drug-likeness (QED) is 0.573. The number of hydrogen-bond donors (Lipinski definition) is 0. The minimum absolute atomic E-state index is 0.225. The number of halogens is 1. The maximum absolute atomic E-state index is 13.0. The highest BCUT2D eigenvalue weighted by Crippen LogP contribution is 2.28. The standard InChI is InChI=1S/C21H21BrN2O4S/c1-14-6-7-19(15(2)12-14)29(26,27)24-10-8-23(9-11-24)21(25)18-13-16-4-3-5-17(22)20(16)28-18/h3-7,12-13H,8-11H2,1-2H3. The molecule has 0 unspecified atom stereocenters. The van der Waals surface area contributed by atoms with Crippen LogP contribution in [0, 0.1) is 13.8 Å². The first-order valence-electron chi connectivity index (χ1n) is 9.32. The lowest BCUT2D eigenvalue weighted by molar-refractivity contribution is 0.0668. The van der Waals surface area contributed by atoms with Crippen LogP contribution in [0.2, 0.25) is 0 Å². The molecule has 1 saturated heterocycles. The van der Waals surface area contributed by atoms with E-state index in [-0.39, 0.29) is 24.8 Å². The van der Waals surface area contributed by atoms with Gasteiger partial charge in [-0.1, -0.05) is 29.8 Å². The molecule has 1 amide bonds. The third-order valence-corrected chi connectivity index (χ3v) is 7.86. The molecule has 0 N–H and O–H groups in total. The van der Waals surface area contributed by atoms with Crippen molar-refractivity contribution in [3.8, 4) is 0 Å². The van der Waals surface area contributed by atoms with E-state index < -0.39 is 10.0 Å². The van der Waals surface area contributed by atoms with Crippen LogP contribution in [-0.2, 0) is 10.0 Å². The van der Waals surface area contributed by atoms with Crippen molar-refractivity contribution in [2.24, 2.45) is 0 Å². The van der Waals surface area contributed by atoms with Gasteiger partial charge in [-0.25, -0.2) is 8.42 Å². The minimum Gasteiger partial charge on any atom is -0.450 e. The molecule has 6 nitrogen and oxygen atoms in total. The van der Waals surface area contributed by atoms with Crippen molar-refractivity contribution in [2.75, 3.05) is 26.2 Å². The SMILES string of the molecule is Cc1ccc(S(=O)(=O)N2CCN(C(=O)c3cc4cccc(Br)c4o3)CC2)c(C)c1. The number of sulfonamides is 1. The van der Waals surface area contributed by atoms with Crippen LogP contribution in [0.15, 0.2) is 56.2 Å². The number of amides is 1. The lowest BCUT2D eigenvalue weighted by Crippen LogP contribution is -2.50. The van der Waals surface area contributed by atoms with Gasteiger partial charge < -0.3 is 9.32 Å². The lowest BCUT2D eigenvalue weighted by Gasteiger charge is -2.33. The van der Waals surface area contributed by atoms with Gasteiger partial charge in [0.05, 0.1) is 9.37 Å². The molecule has 8 heteroatoms. The number of carbonyl (C=O) groups is 1. The fourth-order valence-corrected chi connectivity index (χ4v) is 5.74. The number of furan rings is 1. The average molecular weight is 477 g/mol. The summed E-state index contributed by atoms with van der Waals surface area (Å²) >= 11 is 3.43. The monoisotopic (exact) mass is 476 g/mol. The van der Waals surface area contributed by atoms with Gasteiger partial charge in [-0.2, -0.15) is 4.31 Å². The number of benzene rings is 2. The molecule has 0 bridgehead atoms. The second-order valence-electron chi connectivity index (χ2n) is 7.23. The second kappa shape index (κ2) is 7.59. The predicted molar refractivity (Wildman–Crippen MR) is 114 cm³/mol. The normalized spacial score (nSPS) is 15.8. The number of aryl methyl sites for hydroxylation is 2. The Morgan fingerprint density at radius 1 is 1.03 bits per heavy atom. The molecule has 1 aromatic heterocycles. The van der Waals surface area contributed by atoms with Gasteiger partial charge in [0, 0.05) is 31.6 Å². The second-order valence-corrected chi connectivity index (χ2v) is 9.99. The smallest absolute Gasteiger partial charge is 0.289 e. The maximum Gasteiger partial charge on any atom is 0.289 e. The fourth-order valence-electron chi connectivity index (χ4n) is 3.65. The molecular weight excluding hydrogens is 456 g/mol. The Labute approximate surface area is 178 Å². The molecule has 1 aliphatic rings. The van der Waals surface area contributed by atoms with Crippen LogP contribution in [-0.4, -0.2) is 49.7 Å². The highest BCUT2D eigenvalue weighted by atomic mass is 79.9. The summed E-state index contributed by atoms with van der Waals surface area (Å²) in [5.41, 5.74) is 2.39. The summed E-state index contributed by atoms with van der Waals surface area (Å²) < 4.78 is 34.0. The first-order chi connectivity index (χ1) is 13.8. The van der Waals surface area contributed by atoms with Crippen molar-refractivity contribution in [2.45, 2.75) is 18.7 Å². The lowest BCUT2D eigenvalue weighted by atomic mass is 10.2. The molecule has 1 aliphatic heterocycles. The van der Waals surface area contributed by atoms with E-state index in [1.54, 1.807) is 30.0 Å². The summed E-state index contributed by atoms with van der Waals surface area (Å²) in [5.74, 6) is 0.0363. The van der Waals surface area contributed by atoms with E-state index in [0.29, 0.717) is 23.6 Å². The van der Waals surface area contributed by atoms with Gasteiger partial charge >= 0.3 is 0 Å². The van der Waals surface area contributed by atoms with Crippen molar-refractivity contribution in [3.05, 3.63) is 63.8 Å². The number of fused-ring (bicyclic) bond motifs is 1. The van der Waals surface area contributed by atoms with Crippen LogP contribution in [0.3, 0.4) is 0 Å². The van der Waals surface area contributed by atoms with E-state index in [1.165, 1.54) is 4.31 Å². The third-order valence-electron chi connectivity index (χ3n) is 5.18. The van der Waals surface area contributed by atoms with Crippen molar-refractivity contribution >= 4 is 42.8 Å². The van der Waals surface area contributed by atoms with E-state index in [0.717, 1.165) is 21.0 Å². The van der Waals surface area contributed by atoms with Gasteiger partial charge in [-0.15, -0.1) is 0 Å². The van der Waals surface area contributed by atoms with Crippen LogP contribution in [0.5, 0.6) is 0 Å². The summed E-state index contributed by atoms with van der Waals surface area (Å²) in [6, 6.07) is 12.7. The zero-order chi connectivity index (χ0) is 20.8. The molecule has 2 aromatic carbocycles. The summed E-state index contributed by atoms with van der Waals surface area (Å²) in [7, 11) is -3.58. The molecule has 0 spiro atoms. The van der Waals surface area contributed by atoms with Gasteiger partial charge in [0.1, 0.15) is 5.58 Å². The highest BCUT2D eigenvalue weighted by molar-refractivity contribution is 9.10. The van der Waals surface area contributed by atoms with E-state index in [4.69, 9.17) is 4.42 Å². The number of rotatable bonds is 3. The Morgan fingerprint density at radius 2 is 1.76 bits per heavy atom. The fraction of sp³-hybridized carbons (Fsp3) is 0.286. The van der Waals surface area contributed by atoms with Crippen molar-refractivity contribution in [1.29, 1.82) is 0 Å². The first-order valence-corrected chi connectivity index (χ1v) is 11.6. The summed E-state index contributed by atoms with van der Waals surface area (Å²) in [4.78, 5) is 14.8. The van der Waals surface area contributed by atoms with Crippen LogP contribution in [0.25, 0.3) is 11.0 Å². The molecule has 1 fully saturated rings. The predicted octanol–water partition coefficient (Wildman–Crippen LogP) is 3.96. The van der Waals surface area contributed by atoms with E-state index in [2.05, 4.69) is 15.9 Å². The molecule has 0 saturated carbocycles. The van der Waals surface area contributed by atoms with Crippen LogP contribution in [0.1, 0.15) is 21.7 Å². The third kappa shape index (κ3) is 3.72. The van der Waals surface area contributed by atoms with Crippen LogP contribution < -0.4 is 0 Å². The van der Waals surface area contributed by atoms with Crippen LogP contribution in [0.4, 0.5) is 0 Å². The molecular formula is C21H21BrN2O4S. The Bertz CT molecular complexity index is 1190. The molecule has 4 rings (SSSR count). The molecule has 0 aliphatic carbocycles. The Balaban J connectivity index is 1.49. The van der Waals surface area contributed by atoms with Gasteiger partial charge in [0.15, 0.2) is 5.76 Å². The Morgan fingerprint density at radius 3 is 2.41 bits per heavy atom. The minimum atomic E-state index is -3.58. The Hall–Kier alpha value is -2.16. The summed E-state index contributed by atoms with van der Waals surface area (Å²) in [5, 5.41) is 0.846. The topological polar surface area (TPSA) is 70.8 Å². The largest absolute Gasteiger partial charge is 0.450 e. The van der Waals surface area contributed by atoms with Gasteiger partial charge in [-0.05, 0) is 53.5 Å². The first kappa shape index (κ1) is 20.1. The van der Waals surface area contributed by atoms with E-state index in [1.807, 2.05) is 31.2 Å².